The van der Waals surface area contributed by atoms with E-state index in [4.69, 9.17) is 29.9 Å². The molecule has 11 heterocycles. The molecule has 11 rings (SSSR count). The monoisotopic (exact) mass is 1250 g/mol. The number of nitrogens with one attached hydrogen (secondary N) is 1. The topological polar surface area (TPSA) is 184 Å². The van der Waals surface area contributed by atoms with Gasteiger partial charge < -0.3 is 74.6 Å². The summed E-state index contributed by atoms with van der Waals surface area (Å²) in [5.74, 6) is 1.04. The zero-order chi connectivity index (χ0) is 64.6. The molecule has 4 N–H and O–H groups in total. The lowest BCUT2D eigenvalue weighted by molar-refractivity contribution is -0.191. The Morgan fingerprint density at radius 1 is 0.455 bits per heavy atom. The first-order chi connectivity index (χ1) is 42.2. The van der Waals surface area contributed by atoms with Gasteiger partial charge in [0, 0.05) is 89.9 Å². The highest BCUT2D eigenvalue weighted by Crippen LogP contribution is 2.23. The average molecular weight is 1250 g/mol. The van der Waals surface area contributed by atoms with Gasteiger partial charge in [0.2, 0.25) is 11.8 Å². The van der Waals surface area contributed by atoms with Gasteiger partial charge in [-0.15, -0.1) is 0 Å². The minimum atomic E-state index is -0.0741. The highest BCUT2D eigenvalue weighted by molar-refractivity contribution is 5.78. The van der Waals surface area contributed by atoms with Gasteiger partial charge in [0.1, 0.15) is 0 Å². The van der Waals surface area contributed by atoms with Crippen molar-refractivity contribution in [2.75, 3.05) is 235 Å². The maximum atomic E-state index is 11.5. The Labute approximate surface area is 537 Å². The highest BCUT2D eigenvalue weighted by atomic mass is 16.5. The van der Waals surface area contributed by atoms with E-state index < -0.39 is 0 Å². The van der Waals surface area contributed by atoms with Gasteiger partial charge in [0.25, 0.3) is 0 Å². The van der Waals surface area contributed by atoms with Crippen molar-refractivity contribution in [2.45, 2.75) is 172 Å². The number of hydrogen-bond acceptors (Lipinski definition) is 19. The fraction of sp³-hybridized carbons (Fsp3) is 0.955. The van der Waals surface area contributed by atoms with Crippen molar-refractivity contribution in [1.29, 1.82) is 0 Å². The third-order valence-electron chi connectivity index (χ3n) is 20.2. The number of likely N-dealkylation sites (N-methyl/N-ethyl adjacent to an activating group) is 2. The number of ether oxygens (including phenoxy) is 2. The second-order valence-electron chi connectivity index (χ2n) is 27.7. The van der Waals surface area contributed by atoms with Crippen molar-refractivity contribution in [3.8, 4) is 0 Å². The van der Waals surface area contributed by atoms with Gasteiger partial charge in [-0.05, 0) is 271 Å². The van der Waals surface area contributed by atoms with Crippen molar-refractivity contribution >= 4 is 18.0 Å². The minimum absolute atomic E-state index is 0.0741. The molecule has 21 heteroatoms. The van der Waals surface area contributed by atoms with E-state index in [0.29, 0.717) is 18.1 Å². The first kappa shape index (κ1) is 80.0. The smallest absolute Gasteiger partial charge is 0.373 e. The number of amides is 2. The molecule has 0 aromatic carbocycles. The molecule has 0 radical (unpaired) electrons. The largest absolute Gasteiger partial charge is 0.392 e. The van der Waals surface area contributed by atoms with Gasteiger partial charge in [0.15, 0.2) is 0 Å². The lowest BCUT2D eigenvalue weighted by Gasteiger charge is -2.39. The molecule has 21 nitrogen and oxygen atoms in total. The van der Waals surface area contributed by atoms with Gasteiger partial charge in [0.05, 0.1) is 38.7 Å². The fourth-order valence-electron chi connectivity index (χ4n) is 13.6. The summed E-state index contributed by atoms with van der Waals surface area (Å²) in [4.78, 5) is 67.2. The molecule has 516 valence electrons. The number of carbonyl (C=O) groups is 2. The van der Waals surface area contributed by atoms with E-state index in [9.17, 15) is 9.59 Å². The van der Waals surface area contributed by atoms with Crippen LogP contribution in [0.1, 0.15) is 135 Å². The Hall–Kier alpha value is -2.28. The Morgan fingerprint density at radius 3 is 1.11 bits per heavy atom. The molecule has 0 aromatic heterocycles. The van der Waals surface area contributed by atoms with Crippen LogP contribution < -0.4 is 11.1 Å². The standard InChI is InChI=1S/C11H22N2.C10H20N2O.C10H20N2.C9H18N2O.C8H16N2O.C7H16N2.C6H13NO.C5H11NO.CO2/c1-12-9-5-11(6-10-12)13-7-3-2-4-8-13;1-11-4-2-10(3-5-11)12-6-8-13-9-7-12;1-11-8-4-10(5-9-11)12-6-2-3-7-12;1-10(2)9(12)8-4-6-11(3)7-5-8;1-9-8(11)7-3-5-10(2)6-4-7;1-9-6-4-2-3-5-7(9)8;1-5-3-6(8)4-7(5)2;1-6-2-4-7-5-3-6;2-1-3/h11H,2-10H2,1H3;10H,2-9H2,1H3;10H,2-9H2,1H3;8H,4-7H2,1-3H3;7H,3-6H2,1-2H3,(H,9,11);7H,2-6,8H2,1H3;5-6,8H,3-4H2,1-2H3;2-5H2,1H3;. The highest BCUT2D eigenvalue weighted by Gasteiger charge is 2.29. The van der Waals surface area contributed by atoms with Gasteiger partial charge in [-0.25, -0.2) is 0 Å². The van der Waals surface area contributed by atoms with Crippen molar-refractivity contribution in [3.05, 3.63) is 0 Å². The molecular formula is C67H136N14O7. The lowest BCUT2D eigenvalue weighted by Crippen LogP contribution is -2.48. The van der Waals surface area contributed by atoms with E-state index in [1.54, 1.807) is 11.9 Å². The maximum absolute atomic E-state index is 11.5. The van der Waals surface area contributed by atoms with E-state index in [1.807, 2.05) is 21.1 Å². The molecule has 11 aliphatic heterocycles. The molecule has 0 aliphatic carbocycles. The van der Waals surface area contributed by atoms with Crippen molar-refractivity contribution in [2.24, 2.45) is 17.6 Å². The van der Waals surface area contributed by atoms with Crippen molar-refractivity contribution in [3.63, 3.8) is 0 Å². The minimum Gasteiger partial charge on any atom is -0.392 e. The van der Waals surface area contributed by atoms with E-state index >= 15 is 0 Å². The molecular weight excluding hydrogens is 1110 g/mol. The molecule has 3 unspecified atom stereocenters. The van der Waals surface area contributed by atoms with Crippen molar-refractivity contribution < 1.29 is 33.8 Å². The predicted octanol–water partition coefficient (Wildman–Crippen LogP) is 3.86. The Morgan fingerprint density at radius 2 is 0.784 bits per heavy atom. The lowest BCUT2D eigenvalue weighted by atomic mass is 9.96. The zero-order valence-corrected chi connectivity index (χ0v) is 58.6. The predicted molar refractivity (Wildman–Crippen MR) is 358 cm³/mol. The first-order valence-electron chi connectivity index (χ1n) is 35.0. The normalized spacial score (nSPS) is 27.4. The van der Waals surface area contributed by atoms with Crippen LogP contribution in [-0.2, 0) is 28.7 Å². The average Bonchev–Trinajstić information content (AvgIpc) is 4.09. The van der Waals surface area contributed by atoms with E-state index in [1.165, 1.54) is 168 Å². The van der Waals surface area contributed by atoms with Crippen LogP contribution in [0.2, 0.25) is 0 Å². The molecule has 3 atom stereocenters. The van der Waals surface area contributed by atoms with Crippen LogP contribution in [-0.4, -0.2) is 353 Å². The fourth-order valence-corrected chi connectivity index (χ4v) is 13.6. The van der Waals surface area contributed by atoms with E-state index in [-0.39, 0.29) is 30.0 Å². The Kier molecular flexibility index (Phi) is 43.2. The number of rotatable bonds is 5. The SMILES string of the molecule is CC1CC(O)CN1C.CN1CCC(C(=O)N(C)C)CC1.CN1CCC(N2CCCC2)CC1.CN1CCC(N2CCCCC2)CC1.CN1CCC(N2CCOCC2)CC1.CN1CCCCCC1N.CN1CCOCC1.CNC(=O)C1CCN(C)CC1.O=C=O. The summed E-state index contributed by atoms with van der Waals surface area (Å²) in [5.41, 5.74) is 5.80. The molecule has 0 bridgehead atoms. The number of β-amino-alcohol motifs (C(OH)–C–C–N with tert-alkyl or cyclic N) is 1. The van der Waals surface area contributed by atoms with Crippen molar-refractivity contribution in [1.82, 2.24) is 64.1 Å². The quantitative estimate of drug-likeness (QED) is 0.361. The number of morpholine rings is 2. The number of hydrogen-bond donors (Lipinski definition) is 3. The Bertz CT molecular complexity index is 1690. The number of nitrogens with zero attached hydrogens (tertiary/aromatic N) is 12. The molecule has 0 spiro atoms. The third-order valence-corrected chi connectivity index (χ3v) is 20.2. The van der Waals surface area contributed by atoms with Crippen LogP contribution in [0.3, 0.4) is 0 Å². The summed E-state index contributed by atoms with van der Waals surface area (Å²) >= 11 is 0. The van der Waals surface area contributed by atoms with Gasteiger partial charge >= 0.3 is 6.15 Å². The van der Waals surface area contributed by atoms with Crippen LogP contribution in [0, 0.1) is 11.8 Å². The number of likely N-dealkylation sites (tertiary alicyclic amines) is 9. The maximum Gasteiger partial charge on any atom is 0.373 e. The zero-order valence-electron chi connectivity index (χ0n) is 58.6. The summed E-state index contributed by atoms with van der Waals surface area (Å²) in [6.45, 7) is 29.8. The van der Waals surface area contributed by atoms with Crippen LogP contribution >= 0.6 is 0 Å². The number of piperidine rings is 6. The summed E-state index contributed by atoms with van der Waals surface area (Å²) in [6, 6.07) is 3.24. The summed E-state index contributed by atoms with van der Waals surface area (Å²) in [6.07, 6.45) is 26.2. The summed E-state index contributed by atoms with van der Waals surface area (Å²) in [7, 11) is 22.5. The molecule has 11 fully saturated rings. The van der Waals surface area contributed by atoms with Crippen LogP contribution in [0.5, 0.6) is 0 Å². The van der Waals surface area contributed by atoms with Gasteiger partial charge in [-0.1, -0.05) is 19.3 Å². The molecule has 0 aromatic rings. The number of carbonyl (C=O) groups excluding carboxylic acids is 4. The summed E-state index contributed by atoms with van der Waals surface area (Å²) < 4.78 is 10.5. The van der Waals surface area contributed by atoms with E-state index in [0.717, 1.165) is 136 Å². The Balaban J connectivity index is 0.000000263. The summed E-state index contributed by atoms with van der Waals surface area (Å²) in [5, 5.41) is 11.7. The molecule has 11 saturated heterocycles. The molecule has 2 amide bonds. The molecule has 11 aliphatic rings. The number of aliphatic hydroxyl groups excluding tert-OH is 1. The van der Waals surface area contributed by atoms with Crippen LogP contribution in [0.4, 0.5) is 0 Å². The third kappa shape index (κ3) is 34.6. The number of aliphatic hydroxyl groups is 1. The van der Waals surface area contributed by atoms with Gasteiger partial charge in [-0.2, -0.15) is 9.59 Å². The second-order valence-corrected chi connectivity index (χ2v) is 27.7. The van der Waals surface area contributed by atoms with Crippen LogP contribution in [0.15, 0.2) is 0 Å². The second kappa shape index (κ2) is 47.6. The number of nitrogens with two attached hydrogens (primary N) is 1. The molecule has 0 saturated carbocycles. The van der Waals surface area contributed by atoms with Crippen LogP contribution in [0.25, 0.3) is 0 Å². The van der Waals surface area contributed by atoms with Gasteiger partial charge in [-0.3, -0.25) is 19.4 Å². The molecule has 88 heavy (non-hydrogen) atoms. The first-order valence-corrected chi connectivity index (χ1v) is 35.0. The van der Waals surface area contributed by atoms with E-state index in [2.05, 4.69) is 115 Å².